The molecule has 8 heteroatoms. The highest BCUT2D eigenvalue weighted by atomic mass is 16.2. The molecule has 3 rings (SSSR count). The maximum absolute atomic E-state index is 12.4. The standard InChI is InChI=1S/C15H21N5O3/c1-2-12-16-5-7-19(12)11-4-3-6-18(9-11)14(22)10-20-13(21)8-17-15(20)23/h5,7,11H,2-4,6,8-10H2,1H3,(H,17,23). The van der Waals surface area contributed by atoms with Crippen LogP contribution in [0.3, 0.4) is 0 Å². The Morgan fingerprint density at radius 2 is 2.26 bits per heavy atom. The van der Waals surface area contributed by atoms with Crippen molar-refractivity contribution in [1.29, 1.82) is 0 Å². The molecule has 0 spiro atoms. The minimum atomic E-state index is -0.486. The molecular weight excluding hydrogens is 298 g/mol. The van der Waals surface area contributed by atoms with Gasteiger partial charge in [0.15, 0.2) is 0 Å². The van der Waals surface area contributed by atoms with E-state index in [2.05, 4.69) is 21.8 Å². The van der Waals surface area contributed by atoms with Crippen LogP contribution in [-0.2, 0) is 16.0 Å². The quantitative estimate of drug-likeness (QED) is 0.801. The van der Waals surface area contributed by atoms with Crippen LogP contribution in [0.5, 0.6) is 0 Å². The van der Waals surface area contributed by atoms with Crippen molar-refractivity contribution >= 4 is 17.8 Å². The zero-order valence-electron chi connectivity index (χ0n) is 13.2. The number of hydrogen-bond donors (Lipinski definition) is 1. The van der Waals surface area contributed by atoms with Crippen molar-refractivity contribution in [2.75, 3.05) is 26.2 Å². The minimum Gasteiger partial charge on any atom is -0.339 e. The lowest BCUT2D eigenvalue weighted by molar-refractivity contribution is -0.137. The summed E-state index contributed by atoms with van der Waals surface area (Å²) >= 11 is 0. The topological polar surface area (TPSA) is 87.5 Å². The SMILES string of the molecule is CCc1nccn1C1CCCN(C(=O)CN2C(=O)CNC2=O)C1. The molecule has 8 nitrogen and oxygen atoms in total. The number of carbonyl (C=O) groups is 3. The second-order valence-corrected chi connectivity index (χ2v) is 5.88. The largest absolute Gasteiger partial charge is 0.339 e. The normalized spacial score (nSPS) is 21.7. The Morgan fingerprint density at radius 1 is 1.43 bits per heavy atom. The fraction of sp³-hybridized carbons (Fsp3) is 0.600. The third-order valence-corrected chi connectivity index (χ3v) is 4.44. The van der Waals surface area contributed by atoms with Crippen LogP contribution in [0.1, 0.15) is 31.6 Å². The van der Waals surface area contributed by atoms with Gasteiger partial charge in [-0.25, -0.2) is 9.78 Å². The third kappa shape index (κ3) is 3.06. The second-order valence-electron chi connectivity index (χ2n) is 5.88. The number of aromatic nitrogens is 2. The van der Waals surface area contributed by atoms with E-state index in [1.807, 2.05) is 6.20 Å². The lowest BCUT2D eigenvalue weighted by Crippen LogP contribution is -2.47. The molecule has 2 fully saturated rings. The molecule has 3 heterocycles. The summed E-state index contributed by atoms with van der Waals surface area (Å²) in [6.07, 6.45) is 6.48. The van der Waals surface area contributed by atoms with Crippen LogP contribution in [-0.4, -0.2) is 63.4 Å². The zero-order chi connectivity index (χ0) is 16.4. The minimum absolute atomic E-state index is 0.0242. The monoisotopic (exact) mass is 319 g/mol. The lowest BCUT2D eigenvalue weighted by atomic mass is 10.1. The lowest BCUT2D eigenvalue weighted by Gasteiger charge is -2.34. The second kappa shape index (κ2) is 6.39. The number of rotatable bonds is 4. The zero-order valence-corrected chi connectivity index (χ0v) is 13.2. The number of nitrogens with one attached hydrogen (secondary N) is 1. The molecule has 2 aliphatic heterocycles. The molecule has 1 atom stereocenters. The van der Waals surface area contributed by atoms with Crippen molar-refractivity contribution in [2.24, 2.45) is 0 Å². The molecule has 0 aliphatic carbocycles. The number of likely N-dealkylation sites (tertiary alicyclic amines) is 1. The Morgan fingerprint density at radius 3 is 2.96 bits per heavy atom. The molecule has 0 saturated carbocycles. The summed E-state index contributed by atoms with van der Waals surface area (Å²) in [6.45, 7) is 3.11. The Labute approximate surface area is 134 Å². The van der Waals surface area contributed by atoms with Crippen LogP contribution in [0.2, 0.25) is 0 Å². The molecule has 2 aliphatic rings. The first-order valence-corrected chi connectivity index (χ1v) is 7.97. The number of urea groups is 1. The van der Waals surface area contributed by atoms with Gasteiger partial charge in [-0.3, -0.25) is 14.5 Å². The molecule has 1 aromatic rings. The summed E-state index contributed by atoms with van der Waals surface area (Å²) in [4.78, 5) is 42.7. The van der Waals surface area contributed by atoms with Gasteiger partial charge in [0.1, 0.15) is 12.4 Å². The Balaban J connectivity index is 1.65. The first-order chi connectivity index (χ1) is 11.1. The summed E-state index contributed by atoms with van der Waals surface area (Å²) in [5, 5.41) is 2.43. The summed E-state index contributed by atoms with van der Waals surface area (Å²) in [5.41, 5.74) is 0. The molecule has 23 heavy (non-hydrogen) atoms. The number of nitrogens with zero attached hydrogens (tertiary/aromatic N) is 4. The van der Waals surface area contributed by atoms with E-state index >= 15 is 0 Å². The van der Waals surface area contributed by atoms with Gasteiger partial charge in [-0.05, 0) is 12.8 Å². The smallest absolute Gasteiger partial charge is 0.325 e. The molecule has 0 aromatic carbocycles. The van der Waals surface area contributed by atoms with Crippen LogP contribution in [0, 0.1) is 0 Å². The van der Waals surface area contributed by atoms with Gasteiger partial charge in [0.2, 0.25) is 5.91 Å². The number of piperidine rings is 1. The molecule has 0 bridgehead atoms. The summed E-state index contributed by atoms with van der Waals surface area (Å²) < 4.78 is 2.13. The van der Waals surface area contributed by atoms with Crippen LogP contribution in [0.25, 0.3) is 0 Å². The summed E-state index contributed by atoms with van der Waals surface area (Å²) in [7, 11) is 0. The van der Waals surface area contributed by atoms with Gasteiger partial charge in [-0.15, -0.1) is 0 Å². The summed E-state index contributed by atoms with van der Waals surface area (Å²) in [5.74, 6) is 0.483. The molecule has 1 unspecified atom stereocenters. The van der Waals surface area contributed by atoms with E-state index in [1.54, 1.807) is 11.1 Å². The average Bonchev–Trinajstić information content (AvgIpc) is 3.16. The van der Waals surface area contributed by atoms with Crippen molar-refractivity contribution in [3.63, 3.8) is 0 Å². The van der Waals surface area contributed by atoms with Crippen LogP contribution < -0.4 is 5.32 Å². The van der Waals surface area contributed by atoms with E-state index in [0.717, 1.165) is 30.0 Å². The van der Waals surface area contributed by atoms with Crippen molar-refractivity contribution in [2.45, 2.75) is 32.2 Å². The Kier molecular flexibility index (Phi) is 4.31. The van der Waals surface area contributed by atoms with Gasteiger partial charge < -0.3 is 14.8 Å². The molecule has 1 N–H and O–H groups in total. The predicted molar refractivity (Wildman–Crippen MR) is 81.6 cm³/mol. The summed E-state index contributed by atoms with van der Waals surface area (Å²) in [6, 6.07) is -0.284. The highest BCUT2D eigenvalue weighted by molar-refractivity contribution is 6.04. The van der Waals surface area contributed by atoms with E-state index in [9.17, 15) is 14.4 Å². The fourth-order valence-electron chi connectivity index (χ4n) is 3.21. The van der Waals surface area contributed by atoms with Gasteiger partial charge in [-0.1, -0.05) is 6.92 Å². The van der Waals surface area contributed by atoms with Crippen LogP contribution in [0.4, 0.5) is 4.79 Å². The van der Waals surface area contributed by atoms with Crippen molar-refractivity contribution < 1.29 is 14.4 Å². The fourth-order valence-corrected chi connectivity index (χ4v) is 3.21. The molecule has 4 amide bonds. The predicted octanol–water partition coefficient (Wildman–Crippen LogP) is 0.161. The van der Waals surface area contributed by atoms with E-state index in [4.69, 9.17) is 0 Å². The number of amides is 4. The van der Waals surface area contributed by atoms with Crippen molar-refractivity contribution in [3.8, 4) is 0 Å². The van der Waals surface area contributed by atoms with Crippen molar-refractivity contribution in [3.05, 3.63) is 18.2 Å². The Hall–Kier alpha value is -2.38. The third-order valence-electron chi connectivity index (χ3n) is 4.44. The first-order valence-electron chi connectivity index (χ1n) is 7.97. The van der Waals surface area contributed by atoms with Crippen LogP contribution in [0.15, 0.2) is 12.4 Å². The van der Waals surface area contributed by atoms with Gasteiger partial charge in [-0.2, -0.15) is 0 Å². The number of imidazole rings is 1. The first kappa shape index (κ1) is 15.5. The highest BCUT2D eigenvalue weighted by Crippen LogP contribution is 2.23. The number of hydrogen-bond acceptors (Lipinski definition) is 4. The van der Waals surface area contributed by atoms with E-state index < -0.39 is 6.03 Å². The average molecular weight is 319 g/mol. The van der Waals surface area contributed by atoms with Gasteiger partial charge in [0.05, 0.1) is 12.6 Å². The Bertz CT molecular complexity index is 610. The molecule has 124 valence electrons. The highest BCUT2D eigenvalue weighted by Gasteiger charge is 2.33. The maximum Gasteiger partial charge on any atom is 0.325 e. The van der Waals surface area contributed by atoms with Crippen molar-refractivity contribution in [1.82, 2.24) is 24.7 Å². The molecular formula is C15H21N5O3. The van der Waals surface area contributed by atoms with E-state index in [0.29, 0.717) is 13.1 Å². The molecule has 2 saturated heterocycles. The molecule has 0 radical (unpaired) electrons. The van der Waals surface area contributed by atoms with E-state index in [-0.39, 0.29) is 30.9 Å². The molecule has 1 aromatic heterocycles. The number of imide groups is 1. The van der Waals surface area contributed by atoms with Gasteiger partial charge in [0, 0.05) is 31.9 Å². The van der Waals surface area contributed by atoms with Crippen LogP contribution >= 0.6 is 0 Å². The van der Waals surface area contributed by atoms with Gasteiger partial charge >= 0.3 is 6.03 Å². The number of carbonyl (C=O) groups excluding carboxylic acids is 3. The number of aryl methyl sites for hydroxylation is 1. The van der Waals surface area contributed by atoms with Gasteiger partial charge in [0.25, 0.3) is 5.91 Å². The van der Waals surface area contributed by atoms with E-state index in [1.165, 1.54) is 0 Å². The maximum atomic E-state index is 12.4.